The summed E-state index contributed by atoms with van der Waals surface area (Å²) in [5, 5.41) is 8.95. The van der Waals surface area contributed by atoms with Gasteiger partial charge in [0.05, 0.1) is 5.92 Å². The van der Waals surface area contributed by atoms with E-state index in [1.807, 2.05) is 32.0 Å². The van der Waals surface area contributed by atoms with Crippen molar-refractivity contribution in [2.45, 2.75) is 26.7 Å². The Balaban J connectivity index is 1.87. The smallest absolute Gasteiger partial charge is 0.306 e. The zero-order chi connectivity index (χ0) is 15.4. The molecular formula is C16H21NO4. The van der Waals surface area contributed by atoms with Gasteiger partial charge in [-0.05, 0) is 37.8 Å². The number of nitrogens with zero attached hydrogens (tertiary/aromatic N) is 1. The number of benzene rings is 1. The number of rotatable bonds is 4. The van der Waals surface area contributed by atoms with E-state index in [0.29, 0.717) is 25.9 Å². The van der Waals surface area contributed by atoms with Crippen molar-refractivity contribution >= 4 is 11.9 Å². The number of hydrogen-bond acceptors (Lipinski definition) is 3. The van der Waals surface area contributed by atoms with Gasteiger partial charge in [-0.15, -0.1) is 0 Å². The second kappa shape index (κ2) is 6.61. The number of carbonyl (C=O) groups excluding carboxylic acids is 1. The third kappa shape index (κ3) is 3.74. The Morgan fingerprint density at radius 1 is 1.24 bits per heavy atom. The van der Waals surface area contributed by atoms with Crippen LogP contribution < -0.4 is 4.74 Å². The van der Waals surface area contributed by atoms with Crippen LogP contribution in [0.5, 0.6) is 5.75 Å². The second-order valence-electron chi connectivity index (χ2n) is 5.50. The first-order chi connectivity index (χ1) is 9.99. The highest BCUT2D eigenvalue weighted by Crippen LogP contribution is 2.23. The molecule has 0 bridgehead atoms. The van der Waals surface area contributed by atoms with E-state index in [4.69, 9.17) is 9.84 Å². The van der Waals surface area contributed by atoms with Gasteiger partial charge in [0.15, 0.2) is 6.61 Å². The molecule has 1 aromatic carbocycles. The Morgan fingerprint density at radius 2 is 1.81 bits per heavy atom. The quantitative estimate of drug-likeness (QED) is 0.921. The Bertz CT molecular complexity index is 513. The van der Waals surface area contributed by atoms with Crippen LogP contribution in [0, 0.1) is 19.8 Å². The zero-order valence-electron chi connectivity index (χ0n) is 12.5. The van der Waals surface area contributed by atoms with Crippen molar-refractivity contribution < 1.29 is 19.4 Å². The van der Waals surface area contributed by atoms with Gasteiger partial charge in [0.2, 0.25) is 0 Å². The lowest BCUT2D eigenvalue weighted by atomic mass is 9.97. The summed E-state index contributed by atoms with van der Waals surface area (Å²) in [6.07, 6.45) is 1.04. The maximum atomic E-state index is 12.1. The minimum absolute atomic E-state index is 0.00340. The maximum absolute atomic E-state index is 12.1. The molecule has 0 aliphatic carbocycles. The maximum Gasteiger partial charge on any atom is 0.306 e. The first-order valence-electron chi connectivity index (χ1n) is 7.18. The highest BCUT2D eigenvalue weighted by Gasteiger charge is 2.27. The lowest BCUT2D eigenvalue weighted by molar-refractivity contribution is -0.146. The SMILES string of the molecule is Cc1cccc(C)c1OCC(=O)N1CCC(C(=O)O)CC1. The molecular weight excluding hydrogens is 270 g/mol. The monoisotopic (exact) mass is 291 g/mol. The van der Waals surface area contributed by atoms with Gasteiger partial charge in [0.1, 0.15) is 5.75 Å². The molecule has 0 radical (unpaired) electrons. The molecule has 0 unspecified atom stereocenters. The fourth-order valence-electron chi connectivity index (χ4n) is 2.63. The number of carboxylic acids is 1. The van der Waals surface area contributed by atoms with Gasteiger partial charge in [-0.2, -0.15) is 0 Å². The lowest BCUT2D eigenvalue weighted by Crippen LogP contribution is -2.42. The molecule has 1 heterocycles. The van der Waals surface area contributed by atoms with E-state index in [-0.39, 0.29) is 18.4 Å². The normalized spacial score (nSPS) is 15.8. The van der Waals surface area contributed by atoms with Crippen LogP contribution in [-0.2, 0) is 9.59 Å². The molecule has 1 aromatic rings. The first kappa shape index (κ1) is 15.4. The number of aliphatic carboxylic acids is 1. The number of carboxylic acid groups (broad SMARTS) is 1. The summed E-state index contributed by atoms with van der Waals surface area (Å²) >= 11 is 0. The highest BCUT2D eigenvalue weighted by molar-refractivity contribution is 5.78. The molecule has 1 fully saturated rings. The van der Waals surface area contributed by atoms with Crippen LogP contribution >= 0.6 is 0 Å². The van der Waals surface area contributed by atoms with Gasteiger partial charge in [-0.25, -0.2) is 0 Å². The topological polar surface area (TPSA) is 66.8 Å². The Kier molecular flexibility index (Phi) is 4.83. The Hall–Kier alpha value is -2.04. The number of piperidine rings is 1. The summed E-state index contributed by atoms with van der Waals surface area (Å²) in [4.78, 5) is 24.7. The van der Waals surface area contributed by atoms with Crippen LogP contribution in [0.3, 0.4) is 0 Å². The predicted molar refractivity (Wildman–Crippen MR) is 78.4 cm³/mol. The van der Waals surface area contributed by atoms with E-state index in [1.54, 1.807) is 4.90 Å². The molecule has 0 saturated carbocycles. The van der Waals surface area contributed by atoms with Gasteiger partial charge >= 0.3 is 5.97 Å². The van der Waals surface area contributed by atoms with E-state index >= 15 is 0 Å². The van der Waals surface area contributed by atoms with Gasteiger partial charge < -0.3 is 14.7 Å². The summed E-state index contributed by atoms with van der Waals surface area (Å²) in [6.45, 7) is 4.89. The summed E-state index contributed by atoms with van der Waals surface area (Å²) in [5.41, 5.74) is 2.01. The number of carbonyl (C=O) groups is 2. The number of ether oxygens (including phenoxy) is 1. The van der Waals surface area contributed by atoms with Crippen LogP contribution in [-0.4, -0.2) is 41.6 Å². The van der Waals surface area contributed by atoms with E-state index in [0.717, 1.165) is 16.9 Å². The van der Waals surface area contributed by atoms with Crippen molar-refractivity contribution in [1.29, 1.82) is 0 Å². The number of hydrogen-bond donors (Lipinski definition) is 1. The van der Waals surface area contributed by atoms with Gasteiger partial charge in [0, 0.05) is 13.1 Å². The second-order valence-corrected chi connectivity index (χ2v) is 5.50. The van der Waals surface area contributed by atoms with Crippen molar-refractivity contribution in [1.82, 2.24) is 4.90 Å². The number of likely N-dealkylation sites (tertiary alicyclic amines) is 1. The minimum Gasteiger partial charge on any atom is -0.483 e. The van der Waals surface area contributed by atoms with Crippen LogP contribution in [0.1, 0.15) is 24.0 Å². The van der Waals surface area contributed by atoms with Crippen molar-refractivity contribution in [2.24, 2.45) is 5.92 Å². The first-order valence-corrected chi connectivity index (χ1v) is 7.18. The number of aryl methyl sites for hydroxylation is 2. The summed E-state index contributed by atoms with van der Waals surface area (Å²) in [5.74, 6) is -0.421. The average Bonchev–Trinajstić information content (AvgIpc) is 2.46. The third-order valence-corrected chi connectivity index (χ3v) is 3.95. The molecule has 1 saturated heterocycles. The van der Waals surface area contributed by atoms with Crippen LogP contribution in [0.15, 0.2) is 18.2 Å². The molecule has 1 N–H and O–H groups in total. The standard InChI is InChI=1S/C16H21NO4/c1-11-4-3-5-12(2)15(11)21-10-14(18)17-8-6-13(7-9-17)16(19)20/h3-5,13H,6-10H2,1-2H3,(H,19,20). The minimum atomic E-state index is -0.770. The molecule has 0 aromatic heterocycles. The summed E-state index contributed by atoms with van der Waals surface area (Å²) in [6, 6.07) is 5.85. The molecule has 1 aliphatic heterocycles. The Morgan fingerprint density at radius 3 is 2.33 bits per heavy atom. The molecule has 114 valence electrons. The van der Waals surface area contributed by atoms with Gasteiger partial charge in [-0.1, -0.05) is 18.2 Å². The van der Waals surface area contributed by atoms with E-state index < -0.39 is 5.97 Å². The molecule has 21 heavy (non-hydrogen) atoms. The molecule has 0 spiro atoms. The molecule has 1 aliphatic rings. The molecule has 0 atom stereocenters. The highest BCUT2D eigenvalue weighted by atomic mass is 16.5. The number of amides is 1. The summed E-state index contributed by atoms with van der Waals surface area (Å²) < 4.78 is 5.65. The van der Waals surface area contributed by atoms with E-state index in [2.05, 4.69) is 0 Å². The van der Waals surface area contributed by atoms with Crippen LogP contribution in [0.25, 0.3) is 0 Å². The lowest BCUT2D eigenvalue weighted by Gasteiger charge is -2.30. The van der Waals surface area contributed by atoms with Crippen LogP contribution in [0.2, 0.25) is 0 Å². The van der Waals surface area contributed by atoms with Crippen molar-refractivity contribution in [3.63, 3.8) is 0 Å². The molecule has 2 rings (SSSR count). The fraction of sp³-hybridized carbons (Fsp3) is 0.500. The van der Waals surface area contributed by atoms with Crippen molar-refractivity contribution in [2.75, 3.05) is 19.7 Å². The average molecular weight is 291 g/mol. The van der Waals surface area contributed by atoms with Gasteiger partial charge in [-0.3, -0.25) is 9.59 Å². The van der Waals surface area contributed by atoms with Crippen molar-refractivity contribution in [3.05, 3.63) is 29.3 Å². The number of para-hydroxylation sites is 1. The van der Waals surface area contributed by atoms with Gasteiger partial charge in [0.25, 0.3) is 5.91 Å². The summed E-state index contributed by atoms with van der Waals surface area (Å²) in [7, 11) is 0. The molecule has 5 heteroatoms. The van der Waals surface area contributed by atoms with E-state index in [9.17, 15) is 9.59 Å². The van der Waals surface area contributed by atoms with Crippen molar-refractivity contribution in [3.8, 4) is 5.75 Å². The molecule has 1 amide bonds. The largest absolute Gasteiger partial charge is 0.483 e. The molecule has 5 nitrogen and oxygen atoms in total. The Labute approximate surface area is 124 Å². The van der Waals surface area contributed by atoms with Crippen LogP contribution in [0.4, 0.5) is 0 Å². The zero-order valence-corrected chi connectivity index (χ0v) is 12.5. The third-order valence-electron chi connectivity index (χ3n) is 3.95. The van der Waals surface area contributed by atoms with E-state index in [1.165, 1.54) is 0 Å². The fourth-order valence-corrected chi connectivity index (χ4v) is 2.63. The predicted octanol–water partition coefficient (Wildman–Crippen LogP) is 2.01.